The number of ether oxygens (including phenoxy) is 2. The minimum absolute atomic E-state index is 0.0133. The number of hydrogen-bond acceptors (Lipinski definition) is 10. The largest absolute Gasteiger partial charge is 0.460 e. The monoisotopic (exact) mass is 769 g/mol. The van der Waals surface area contributed by atoms with Gasteiger partial charge in [0.15, 0.2) is 11.6 Å². The molecule has 0 radical (unpaired) electrons. The van der Waals surface area contributed by atoms with E-state index in [9.17, 15) is 38.4 Å². The van der Waals surface area contributed by atoms with Crippen molar-refractivity contribution in [3.63, 3.8) is 0 Å². The van der Waals surface area contributed by atoms with Gasteiger partial charge < -0.3 is 30.7 Å². The van der Waals surface area contributed by atoms with Crippen molar-refractivity contribution in [2.75, 3.05) is 26.8 Å². The van der Waals surface area contributed by atoms with Gasteiger partial charge in [-0.3, -0.25) is 38.5 Å². The van der Waals surface area contributed by atoms with E-state index in [1.807, 2.05) is 13.8 Å². The minimum atomic E-state index is -1.03. The van der Waals surface area contributed by atoms with E-state index in [4.69, 9.17) is 15.2 Å². The van der Waals surface area contributed by atoms with Crippen LogP contribution in [0.5, 0.6) is 0 Å². The van der Waals surface area contributed by atoms with Gasteiger partial charge in [0, 0.05) is 44.8 Å². The second kappa shape index (κ2) is 19.8. The number of ketones is 2. The van der Waals surface area contributed by atoms with Gasteiger partial charge in [0.1, 0.15) is 12.6 Å². The highest BCUT2D eigenvalue weighted by Gasteiger charge is 2.51. The van der Waals surface area contributed by atoms with E-state index in [0.29, 0.717) is 12.0 Å². The maximum Gasteiger partial charge on any atom is 0.312 e. The van der Waals surface area contributed by atoms with Crippen molar-refractivity contribution in [2.45, 2.75) is 112 Å². The van der Waals surface area contributed by atoms with E-state index in [1.165, 1.54) is 12.0 Å². The SMILES string of the molecule is COC[C@@H]1C[C@H](N2C(=O)CC(C(C)C)C2=O)C(=O)N1CC(=O)C[C@H](C(=O)N[C@@H](CCCNC(N)=O)C(=O)Cc1ccc(COC(=O)C(C)(C)C)cc1)C(C)C. The number of benzene rings is 1. The second-order valence-electron chi connectivity index (χ2n) is 16.4. The van der Waals surface area contributed by atoms with E-state index in [1.54, 1.807) is 58.9 Å². The molecule has 1 aromatic rings. The molecule has 1 unspecified atom stereocenters. The predicted molar refractivity (Wildman–Crippen MR) is 202 cm³/mol. The Morgan fingerprint density at radius 2 is 1.60 bits per heavy atom. The Labute approximate surface area is 323 Å². The molecule has 2 saturated heterocycles. The molecule has 0 bridgehead atoms. The van der Waals surface area contributed by atoms with Crippen molar-refractivity contribution >= 4 is 47.2 Å². The average molecular weight is 770 g/mol. The zero-order valence-corrected chi connectivity index (χ0v) is 33.5. The molecule has 2 aliphatic heterocycles. The summed E-state index contributed by atoms with van der Waals surface area (Å²) in [5.41, 5.74) is 5.98. The Kier molecular flexibility index (Phi) is 16.1. The van der Waals surface area contributed by atoms with Crippen LogP contribution in [0.3, 0.4) is 0 Å². The van der Waals surface area contributed by atoms with Gasteiger partial charge in [-0.25, -0.2) is 4.79 Å². The summed E-state index contributed by atoms with van der Waals surface area (Å²) in [6, 6.07) is 3.78. The van der Waals surface area contributed by atoms with E-state index in [-0.39, 0.29) is 87.9 Å². The number of Topliss-reactive ketones (excluding diaryl/α,β-unsaturated/α-hetero) is 2. The van der Waals surface area contributed by atoms with Crippen LogP contribution in [0.2, 0.25) is 0 Å². The first kappa shape index (κ1) is 44.7. The molecule has 5 atom stereocenters. The van der Waals surface area contributed by atoms with Gasteiger partial charge in [0.05, 0.1) is 30.7 Å². The zero-order chi connectivity index (χ0) is 41.2. The van der Waals surface area contributed by atoms with Crippen molar-refractivity contribution in [3.05, 3.63) is 35.4 Å². The van der Waals surface area contributed by atoms with Gasteiger partial charge >= 0.3 is 12.0 Å². The van der Waals surface area contributed by atoms with Crippen LogP contribution in [0.25, 0.3) is 0 Å². The Morgan fingerprint density at radius 3 is 2.15 bits per heavy atom. The van der Waals surface area contributed by atoms with E-state index in [2.05, 4.69) is 10.6 Å². The van der Waals surface area contributed by atoms with Crippen LogP contribution in [0, 0.1) is 29.1 Å². The van der Waals surface area contributed by atoms with E-state index < -0.39 is 64.9 Å². The van der Waals surface area contributed by atoms with Crippen molar-refractivity contribution < 1.29 is 47.8 Å². The molecule has 55 heavy (non-hydrogen) atoms. The van der Waals surface area contributed by atoms with Gasteiger partial charge in [-0.1, -0.05) is 52.0 Å². The molecule has 0 saturated carbocycles. The molecule has 3 rings (SSSR count). The quantitative estimate of drug-likeness (QED) is 0.100. The number of rotatable bonds is 20. The first-order valence-electron chi connectivity index (χ1n) is 19.0. The summed E-state index contributed by atoms with van der Waals surface area (Å²) in [7, 11) is 1.46. The van der Waals surface area contributed by atoms with Gasteiger partial charge in [0.25, 0.3) is 0 Å². The number of urea groups is 1. The summed E-state index contributed by atoms with van der Waals surface area (Å²) < 4.78 is 10.7. The number of carbonyl (C=O) groups is 8. The van der Waals surface area contributed by atoms with Crippen LogP contribution in [-0.4, -0.2) is 102 Å². The fourth-order valence-corrected chi connectivity index (χ4v) is 6.84. The molecule has 4 N–H and O–H groups in total. The highest BCUT2D eigenvalue weighted by atomic mass is 16.5. The van der Waals surface area contributed by atoms with Crippen molar-refractivity contribution in [2.24, 2.45) is 34.8 Å². The molecule has 2 aliphatic rings. The number of nitrogens with two attached hydrogens (primary N) is 1. The normalized spacial score (nSPS) is 19.9. The zero-order valence-electron chi connectivity index (χ0n) is 33.5. The molecule has 304 valence electrons. The summed E-state index contributed by atoms with van der Waals surface area (Å²) in [5.74, 6) is -4.57. The maximum atomic E-state index is 13.8. The smallest absolute Gasteiger partial charge is 0.312 e. The molecule has 1 aromatic carbocycles. The Balaban J connectivity index is 1.70. The number of carbonyl (C=O) groups excluding carboxylic acids is 8. The van der Waals surface area contributed by atoms with Crippen LogP contribution in [0.4, 0.5) is 4.79 Å². The molecule has 15 heteroatoms. The molecule has 15 nitrogen and oxygen atoms in total. The number of imide groups is 1. The standard InChI is InChI=1S/C40H59N5O10/c1-23(2)29(18-28(46)20-44-27(22-54-8)17-32(37(44)51)45-34(48)19-30(24(3)4)36(45)50)35(49)43-31(10-9-15-42-39(41)53)33(47)16-25-11-13-26(14-12-25)21-55-38(52)40(5,6)7/h11-14,23-24,27,29-32H,9-10,15-22H2,1-8H3,(H,43,49)(H3,41,42,53)/t27-,29-,30?,31-,32-/m0/s1. The van der Waals surface area contributed by atoms with E-state index in [0.717, 1.165) is 10.5 Å². The first-order valence-corrected chi connectivity index (χ1v) is 19.0. The lowest BCUT2D eigenvalue weighted by Gasteiger charge is -2.27. The molecular formula is C40H59N5O10. The molecule has 2 fully saturated rings. The molecular weight excluding hydrogens is 710 g/mol. The minimum Gasteiger partial charge on any atom is -0.460 e. The van der Waals surface area contributed by atoms with Crippen LogP contribution in [-0.2, 0) is 56.1 Å². The third kappa shape index (κ3) is 12.4. The lowest BCUT2D eigenvalue weighted by atomic mass is 9.88. The average Bonchev–Trinajstić information content (AvgIpc) is 3.56. The van der Waals surface area contributed by atoms with Crippen molar-refractivity contribution in [1.82, 2.24) is 20.4 Å². The fraction of sp³-hybridized carbons (Fsp3) is 0.650. The fourth-order valence-electron chi connectivity index (χ4n) is 6.84. The van der Waals surface area contributed by atoms with Gasteiger partial charge in [-0.2, -0.15) is 0 Å². The topological polar surface area (TPSA) is 212 Å². The second-order valence-corrected chi connectivity index (χ2v) is 16.4. The summed E-state index contributed by atoms with van der Waals surface area (Å²) in [5, 5.41) is 5.33. The molecule has 6 amide bonds. The number of methoxy groups -OCH3 is 1. The summed E-state index contributed by atoms with van der Waals surface area (Å²) in [4.78, 5) is 107. The number of esters is 1. The van der Waals surface area contributed by atoms with Gasteiger partial charge in [-0.15, -0.1) is 0 Å². The number of nitrogens with zero attached hydrogens (tertiary/aromatic N) is 2. The summed E-state index contributed by atoms with van der Waals surface area (Å²) in [6.07, 6.45) is 0.465. The lowest BCUT2D eigenvalue weighted by molar-refractivity contribution is -0.154. The molecule has 0 spiro atoms. The van der Waals surface area contributed by atoms with Crippen LogP contribution >= 0.6 is 0 Å². The molecule has 2 heterocycles. The van der Waals surface area contributed by atoms with Crippen LogP contribution in [0.1, 0.15) is 91.7 Å². The summed E-state index contributed by atoms with van der Waals surface area (Å²) >= 11 is 0. The first-order chi connectivity index (χ1) is 25.7. The van der Waals surface area contributed by atoms with Gasteiger partial charge in [0.2, 0.25) is 23.6 Å². The Morgan fingerprint density at radius 1 is 0.964 bits per heavy atom. The maximum absolute atomic E-state index is 13.8. The number of nitrogens with one attached hydrogen (secondary N) is 2. The van der Waals surface area contributed by atoms with Crippen molar-refractivity contribution in [3.8, 4) is 0 Å². The third-order valence-electron chi connectivity index (χ3n) is 10.2. The van der Waals surface area contributed by atoms with Crippen LogP contribution in [0.15, 0.2) is 24.3 Å². The number of amides is 6. The highest BCUT2D eigenvalue weighted by molar-refractivity contribution is 6.08. The molecule has 0 aromatic heterocycles. The Hall–Kier alpha value is -4.66. The predicted octanol–water partition coefficient (Wildman–Crippen LogP) is 2.70. The Bertz CT molecular complexity index is 1580. The van der Waals surface area contributed by atoms with Crippen LogP contribution < -0.4 is 16.4 Å². The summed E-state index contributed by atoms with van der Waals surface area (Å²) in [6.45, 7) is 12.6. The van der Waals surface area contributed by atoms with E-state index >= 15 is 0 Å². The van der Waals surface area contributed by atoms with Crippen molar-refractivity contribution in [1.29, 1.82) is 0 Å². The number of likely N-dealkylation sites (tertiary alicyclic amines) is 2. The highest BCUT2D eigenvalue weighted by Crippen LogP contribution is 2.33. The molecule has 0 aliphatic carbocycles. The third-order valence-corrected chi connectivity index (χ3v) is 10.2. The number of primary amides is 1. The number of hydrogen-bond donors (Lipinski definition) is 3. The van der Waals surface area contributed by atoms with Gasteiger partial charge in [-0.05, 0) is 63.0 Å². The lowest BCUT2D eigenvalue weighted by Crippen LogP contribution is -2.48.